The highest BCUT2D eigenvalue weighted by atomic mass is 79.9. The minimum atomic E-state index is 0.448. The lowest BCUT2D eigenvalue weighted by Gasteiger charge is -1.85. The molecule has 0 radical (unpaired) electrons. The van der Waals surface area contributed by atoms with E-state index in [1.807, 2.05) is 0 Å². The molecule has 1 aromatic rings. The average Bonchev–Trinajstić information content (AvgIpc) is 2.13. The van der Waals surface area contributed by atoms with Gasteiger partial charge in [0.25, 0.3) is 0 Å². The van der Waals surface area contributed by atoms with Gasteiger partial charge in [0.15, 0.2) is 6.29 Å². The summed E-state index contributed by atoms with van der Waals surface area (Å²) in [4.78, 5) is 10.1. The maximum Gasteiger partial charge on any atom is 0.170 e. The molecule has 0 spiro atoms. The normalized spacial score (nSPS) is 9.56. The molecule has 0 N–H and O–H groups in total. The van der Waals surface area contributed by atoms with Crippen LogP contribution >= 0.6 is 15.9 Å². The Hall–Kier alpha value is -0.640. The number of aldehydes is 1. The monoisotopic (exact) mass is 188 g/mol. The van der Waals surface area contributed by atoms with Crippen LogP contribution in [0, 0.1) is 0 Å². The number of aromatic nitrogens is 2. The van der Waals surface area contributed by atoms with Gasteiger partial charge in [-0.1, -0.05) is 0 Å². The van der Waals surface area contributed by atoms with Gasteiger partial charge < -0.3 is 0 Å². The Kier molecular flexibility index (Phi) is 1.66. The van der Waals surface area contributed by atoms with E-state index in [0.717, 1.165) is 4.60 Å². The van der Waals surface area contributed by atoms with Gasteiger partial charge in [-0.3, -0.25) is 9.48 Å². The number of rotatable bonds is 1. The second kappa shape index (κ2) is 2.31. The van der Waals surface area contributed by atoms with Gasteiger partial charge in [-0.2, -0.15) is 5.10 Å². The van der Waals surface area contributed by atoms with Gasteiger partial charge in [-0.05, 0) is 15.9 Å². The van der Waals surface area contributed by atoms with E-state index in [1.165, 1.54) is 0 Å². The highest BCUT2D eigenvalue weighted by Crippen LogP contribution is 2.07. The second-order valence-corrected chi connectivity index (χ2v) is 2.45. The third kappa shape index (κ3) is 1.18. The highest BCUT2D eigenvalue weighted by molar-refractivity contribution is 9.10. The van der Waals surface area contributed by atoms with Crippen LogP contribution in [-0.4, -0.2) is 16.1 Å². The number of hydrogen-bond donors (Lipinski definition) is 0. The Morgan fingerprint density at radius 3 is 2.78 bits per heavy atom. The standard InChI is InChI=1S/C5H5BrN2O/c1-8-5(6)2-4(3-9)7-8/h2-3H,1H3. The van der Waals surface area contributed by atoms with Gasteiger partial charge in [0.05, 0.1) is 0 Å². The molecule has 1 rings (SSSR count). The first-order valence-electron chi connectivity index (χ1n) is 2.39. The van der Waals surface area contributed by atoms with Crippen molar-refractivity contribution >= 4 is 22.2 Å². The summed E-state index contributed by atoms with van der Waals surface area (Å²) in [6.45, 7) is 0. The zero-order chi connectivity index (χ0) is 6.85. The molecule has 0 atom stereocenters. The summed E-state index contributed by atoms with van der Waals surface area (Å²) in [6.07, 6.45) is 0.713. The summed E-state index contributed by atoms with van der Waals surface area (Å²) in [5.41, 5.74) is 0.448. The number of nitrogens with zero attached hydrogens (tertiary/aromatic N) is 2. The molecule has 3 nitrogen and oxygen atoms in total. The number of hydrogen-bond acceptors (Lipinski definition) is 2. The van der Waals surface area contributed by atoms with Crippen LogP contribution < -0.4 is 0 Å². The third-order valence-electron chi connectivity index (χ3n) is 0.962. The summed E-state index contributed by atoms with van der Waals surface area (Å²) in [5.74, 6) is 0. The molecule has 0 aliphatic carbocycles. The summed E-state index contributed by atoms with van der Waals surface area (Å²) in [5, 5.41) is 3.83. The number of halogens is 1. The van der Waals surface area contributed by atoms with E-state index in [0.29, 0.717) is 12.0 Å². The topological polar surface area (TPSA) is 34.9 Å². The Morgan fingerprint density at radius 1 is 1.89 bits per heavy atom. The Labute approximate surface area is 60.8 Å². The minimum absolute atomic E-state index is 0.448. The molecule has 0 saturated heterocycles. The van der Waals surface area contributed by atoms with Gasteiger partial charge in [0, 0.05) is 13.1 Å². The van der Waals surface area contributed by atoms with Crippen molar-refractivity contribution in [2.45, 2.75) is 0 Å². The second-order valence-electron chi connectivity index (χ2n) is 1.63. The molecule has 0 unspecified atom stereocenters. The number of aryl methyl sites for hydroxylation is 1. The van der Waals surface area contributed by atoms with Crippen LogP contribution in [0.1, 0.15) is 10.5 Å². The molecule has 0 amide bonds. The van der Waals surface area contributed by atoms with Crippen molar-refractivity contribution in [3.63, 3.8) is 0 Å². The van der Waals surface area contributed by atoms with E-state index in [4.69, 9.17) is 0 Å². The maximum absolute atomic E-state index is 10.1. The lowest BCUT2D eigenvalue weighted by molar-refractivity contribution is 0.111. The fourth-order valence-electron chi connectivity index (χ4n) is 0.523. The lowest BCUT2D eigenvalue weighted by atomic mass is 10.5. The van der Waals surface area contributed by atoms with Crippen LogP contribution in [0.15, 0.2) is 10.7 Å². The molecule has 0 aromatic carbocycles. The first-order valence-corrected chi connectivity index (χ1v) is 3.18. The van der Waals surface area contributed by atoms with E-state index in [1.54, 1.807) is 17.8 Å². The molecule has 48 valence electrons. The SMILES string of the molecule is Cn1nc(C=O)cc1Br. The minimum Gasteiger partial charge on any atom is -0.296 e. The van der Waals surface area contributed by atoms with E-state index >= 15 is 0 Å². The van der Waals surface area contributed by atoms with Gasteiger partial charge >= 0.3 is 0 Å². The van der Waals surface area contributed by atoms with Gasteiger partial charge in [-0.25, -0.2) is 0 Å². The first-order chi connectivity index (χ1) is 4.24. The predicted octanol–water partition coefficient (Wildman–Crippen LogP) is 0.995. The Morgan fingerprint density at radius 2 is 2.56 bits per heavy atom. The lowest BCUT2D eigenvalue weighted by Crippen LogP contribution is -1.90. The largest absolute Gasteiger partial charge is 0.296 e. The fraction of sp³-hybridized carbons (Fsp3) is 0.200. The van der Waals surface area contributed by atoms with Crippen LogP contribution in [-0.2, 0) is 7.05 Å². The summed E-state index contributed by atoms with van der Waals surface area (Å²) in [7, 11) is 1.76. The number of carbonyl (C=O) groups excluding carboxylic acids is 1. The molecule has 4 heteroatoms. The van der Waals surface area contributed by atoms with Crippen LogP contribution in [0.25, 0.3) is 0 Å². The van der Waals surface area contributed by atoms with Gasteiger partial charge in [-0.15, -0.1) is 0 Å². The maximum atomic E-state index is 10.1. The van der Waals surface area contributed by atoms with Crippen molar-refractivity contribution in [3.05, 3.63) is 16.4 Å². The van der Waals surface area contributed by atoms with Crippen molar-refractivity contribution in [2.75, 3.05) is 0 Å². The molecule has 0 aliphatic rings. The van der Waals surface area contributed by atoms with E-state index in [-0.39, 0.29) is 0 Å². The van der Waals surface area contributed by atoms with Crippen molar-refractivity contribution in [3.8, 4) is 0 Å². The smallest absolute Gasteiger partial charge is 0.170 e. The molecular weight excluding hydrogens is 184 g/mol. The van der Waals surface area contributed by atoms with E-state index < -0.39 is 0 Å². The highest BCUT2D eigenvalue weighted by Gasteiger charge is 1.97. The zero-order valence-corrected chi connectivity index (χ0v) is 6.42. The molecule has 0 bridgehead atoms. The zero-order valence-electron chi connectivity index (χ0n) is 4.84. The molecule has 0 aliphatic heterocycles. The summed E-state index contributed by atoms with van der Waals surface area (Å²) in [6, 6.07) is 1.66. The molecule has 9 heavy (non-hydrogen) atoms. The molecule has 1 aromatic heterocycles. The van der Waals surface area contributed by atoms with Crippen LogP contribution in [0.3, 0.4) is 0 Å². The van der Waals surface area contributed by atoms with E-state index in [2.05, 4.69) is 21.0 Å². The average molecular weight is 189 g/mol. The molecule has 0 saturated carbocycles. The Bertz CT molecular complexity index is 211. The van der Waals surface area contributed by atoms with E-state index in [9.17, 15) is 4.79 Å². The third-order valence-corrected chi connectivity index (χ3v) is 1.70. The molecular formula is C5H5BrN2O. The molecule has 0 fully saturated rings. The van der Waals surface area contributed by atoms with Gasteiger partial charge in [0.2, 0.25) is 0 Å². The molecule has 1 heterocycles. The van der Waals surface area contributed by atoms with Crippen LogP contribution in [0.5, 0.6) is 0 Å². The van der Waals surface area contributed by atoms with Crippen molar-refractivity contribution in [2.24, 2.45) is 7.05 Å². The summed E-state index contributed by atoms with van der Waals surface area (Å²) >= 11 is 3.20. The quantitative estimate of drug-likeness (QED) is 0.617. The first kappa shape index (κ1) is 6.48. The van der Waals surface area contributed by atoms with Crippen molar-refractivity contribution < 1.29 is 4.79 Å². The summed E-state index contributed by atoms with van der Waals surface area (Å²) < 4.78 is 2.40. The van der Waals surface area contributed by atoms with Crippen LogP contribution in [0.4, 0.5) is 0 Å². The Balaban J connectivity index is 3.11. The predicted molar refractivity (Wildman–Crippen MR) is 36.3 cm³/mol. The van der Waals surface area contributed by atoms with Gasteiger partial charge in [0.1, 0.15) is 10.3 Å². The van der Waals surface area contributed by atoms with Crippen LogP contribution in [0.2, 0.25) is 0 Å². The van der Waals surface area contributed by atoms with Crippen molar-refractivity contribution in [1.29, 1.82) is 0 Å². The fourth-order valence-corrected chi connectivity index (χ4v) is 0.837. The number of carbonyl (C=O) groups is 1. The van der Waals surface area contributed by atoms with Crippen molar-refractivity contribution in [1.82, 2.24) is 9.78 Å².